The molecule has 1 unspecified atom stereocenters. The largest absolute Gasteiger partial charge is 0.378 e. The molecular formula is C14H17FO2. The van der Waals surface area contributed by atoms with Crippen molar-refractivity contribution in [1.82, 2.24) is 0 Å². The van der Waals surface area contributed by atoms with Gasteiger partial charge in [-0.1, -0.05) is 6.07 Å². The third-order valence-corrected chi connectivity index (χ3v) is 3.14. The van der Waals surface area contributed by atoms with Crippen molar-refractivity contribution < 1.29 is 13.9 Å². The Morgan fingerprint density at radius 3 is 3.00 bits per heavy atom. The molecule has 0 aromatic heterocycles. The van der Waals surface area contributed by atoms with Gasteiger partial charge >= 0.3 is 0 Å². The Kier molecular flexibility index (Phi) is 3.89. The van der Waals surface area contributed by atoms with Crippen LogP contribution in [-0.2, 0) is 4.74 Å². The second-order valence-corrected chi connectivity index (χ2v) is 4.58. The lowest BCUT2D eigenvalue weighted by Gasteiger charge is -2.08. The molecule has 0 aliphatic carbocycles. The average molecular weight is 236 g/mol. The van der Waals surface area contributed by atoms with Gasteiger partial charge in [0.1, 0.15) is 5.82 Å². The smallest absolute Gasteiger partial charge is 0.165 e. The lowest BCUT2D eigenvalue weighted by Crippen LogP contribution is -2.10. The third kappa shape index (κ3) is 3.13. The van der Waals surface area contributed by atoms with E-state index in [1.807, 2.05) is 6.92 Å². The first-order valence-electron chi connectivity index (χ1n) is 6.08. The van der Waals surface area contributed by atoms with Crippen LogP contribution in [-0.4, -0.2) is 18.5 Å². The van der Waals surface area contributed by atoms with Crippen molar-refractivity contribution in [2.75, 3.05) is 6.61 Å². The highest BCUT2D eigenvalue weighted by Crippen LogP contribution is 2.19. The van der Waals surface area contributed by atoms with Crippen molar-refractivity contribution in [2.24, 2.45) is 0 Å². The van der Waals surface area contributed by atoms with E-state index < -0.39 is 5.82 Å². The molecule has 0 N–H and O–H groups in total. The molecule has 1 aliphatic rings. The maximum atomic E-state index is 13.5. The van der Waals surface area contributed by atoms with E-state index >= 15 is 0 Å². The summed E-state index contributed by atoms with van der Waals surface area (Å²) in [5.74, 6) is -0.541. The normalized spacial score (nSPS) is 19.5. The molecule has 0 saturated carbocycles. The fraction of sp³-hybridized carbons (Fsp3) is 0.500. The van der Waals surface area contributed by atoms with Gasteiger partial charge in [-0.15, -0.1) is 0 Å². The molecule has 1 aromatic carbocycles. The molecule has 92 valence electrons. The molecule has 17 heavy (non-hydrogen) atoms. The van der Waals surface area contributed by atoms with E-state index in [-0.39, 0.29) is 17.5 Å². The number of halogens is 1. The first kappa shape index (κ1) is 12.2. The van der Waals surface area contributed by atoms with Crippen molar-refractivity contribution in [2.45, 2.75) is 38.7 Å². The van der Waals surface area contributed by atoms with E-state index in [1.54, 1.807) is 12.1 Å². The number of rotatable bonds is 4. The third-order valence-electron chi connectivity index (χ3n) is 3.14. The summed E-state index contributed by atoms with van der Waals surface area (Å²) in [6.45, 7) is 2.60. The summed E-state index contributed by atoms with van der Waals surface area (Å²) in [6.07, 6.45) is 3.34. The molecule has 1 heterocycles. The number of carbonyl (C=O) groups is 1. The van der Waals surface area contributed by atoms with Gasteiger partial charge in [0, 0.05) is 13.0 Å². The van der Waals surface area contributed by atoms with Crippen molar-refractivity contribution in [1.29, 1.82) is 0 Å². The number of ether oxygens (including phenoxy) is 1. The monoisotopic (exact) mass is 236 g/mol. The van der Waals surface area contributed by atoms with E-state index in [4.69, 9.17) is 4.74 Å². The second-order valence-electron chi connectivity index (χ2n) is 4.58. The Bertz CT molecular complexity index is 409. The van der Waals surface area contributed by atoms with Gasteiger partial charge in [-0.05, 0) is 43.9 Å². The highest BCUT2D eigenvalue weighted by molar-refractivity contribution is 5.96. The van der Waals surface area contributed by atoms with E-state index in [1.165, 1.54) is 6.07 Å². The van der Waals surface area contributed by atoms with Crippen LogP contribution in [0.25, 0.3) is 0 Å². The number of hydrogen-bond donors (Lipinski definition) is 0. The minimum Gasteiger partial charge on any atom is -0.378 e. The van der Waals surface area contributed by atoms with Crippen LogP contribution in [0.3, 0.4) is 0 Å². The van der Waals surface area contributed by atoms with E-state index in [0.717, 1.165) is 25.0 Å². The van der Waals surface area contributed by atoms with Gasteiger partial charge < -0.3 is 4.74 Å². The molecule has 1 fully saturated rings. The fourth-order valence-electron chi connectivity index (χ4n) is 2.15. The van der Waals surface area contributed by atoms with Crippen molar-refractivity contribution >= 4 is 5.78 Å². The maximum absolute atomic E-state index is 13.5. The summed E-state index contributed by atoms with van der Waals surface area (Å²) >= 11 is 0. The molecule has 2 nitrogen and oxygen atoms in total. The average Bonchev–Trinajstić information content (AvgIpc) is 2.78. The Labute approximate surface area is 101 Å². The SMILES string of the molecule is Cc1ccc(C(=O)CCC2CCCO2)c(F)c1. The summed E-state index contributed by atoms with van der Waals surface area (Å²) in [6, 6.07) is 4.74. The van der Waals surface area contributed by atoms with E-state index in [0.29, 0.717) is 12.8 Å². The van der Waals surface area contributed by atoms with Gasteiger partial charge in [0.15, 0.2) is 5.78 Å². The first-order chi connectivity index (χ1) is 8.16. The van der Waals surface area contributed by atoms with Crippen LogP contribution in [0.5, 0.6) is 0 Å². The van der Waals surface area contributed by atoms with Crippen LogP contribution in [0.1, 0.15) is 41.6 Å². The van der Waals surface area contributed by atoms with Crippen LogP contribution in [0.2, 0.25) is 0 Å². The summed E-state index contributed by atoms with van der Waals surface area (Å²) in [4.78, 5) is 11.8. The summed E-state index contributed by atoms with van der Waals surface area (Å²) < 4.78 is 19.0. The lowest BCUT2D eigenvalue weighted by atomic mass is 10.0. The van der Waals surface area contributed by atoms with Gasteiger partial charge in [-0.25, -0.2) is 4.39 Å². The minimum absolute atomic E-state index is 0.127. The number of hydrogen-bond acceptors (Lipinski definition) is 2. The van der Waals surface area contributed by atoms with E-state index in [9.17, 15) is 9.18 Å². The van der Waals surface area contributed by atoms with Crippen LogP contribution in [0, 0.1) is 12.7 Å². The predicted octanol–water partition coefficient (Wildman–Crippen LogP) is 3.28. The predicted molar refractivity (Wildman–Crippen MR) is 63.7 cm³/mol. The van der Waals surface area contributed by atoms with Crippen molar-refractivity contribution in [3.63, 3.8) is 0 Å². The van der Waals surface area contributed by atoms with E-state index in [2.05, 4.69) is 0 Å². The Morgan fingerprint density at radius 2 is 2.35 bits per heavy atom. The molecule has 1 aliphatic heterocycles. The molecule has 0 bridgehead atoms. The summed E-state index contributed by atoms with van der Waals surface area (Å²) in [5, 5.41) is 0. The van der Waals surface area contributed by atoms with Crippen LogP contribution in [0.4, 0.5) is 4.39 Å². The molecule has 0 radical (unpaired) electrons. The molecule has 1 aromatic rings. The van der Waals surface area contributed by atoms with Crippen molar-refractivity contribution in [3.05, 3.63) is 35.1 Å². The van der Waals surface area contributed by atoms with Crippen LogP contribution >= 0.6 is 0 Å². The van der Waals surface area contributed by atoms with Crippen LogP contribution < -0.4 is 0 Å². The van der Waals surface area contributed by atoms with Crippen LogP contribution in [0.15, 0.2) is 18.2 Å². The molecule has 1 saturated heterocycles. The van der Waals surface area contributed by atoms with Crippen molar-refractivity contribution in [3.8, 4) is 0 Å². The number of carbonyl (C=O) groups excluding carboxylic acids is 1. The highest BCUT2D eigenvalue weighted by atomic mass is 19.1. The Hall–Kier alpha value is -1.22. The maximum Gasteiger partial charge on any atom is 0.165 e. The Balaban J connectivity index is 1.94. The number of Topliss-reactive ketones (excluding diaryl/α,β-unsaturated/α-hetero) is 1. The topological polar surface area (TPSA) is 26.3 Å². The van der Waals surface area contributed by atoms with Gasteiger partial charge in [-0.2, -0.15) is 0 Å². The zero-order chi connectivity index (χ0) is 12.3. The van der Waals surface area contributed by atoms with Gasteiger partial charge in [0.25, 0.3) is 0 Å². The Morgan fingerprint density at radius 1 is 1.53 bits per heavy atom. The minimum atomic E-state index is -0.414. The number of ketones is 1. The number of aryl methyl sites for hydroxylation is 1. The standard InChI is InChI=1S/C14H17FO2/c1-10-4-6-12(13(15)9-10)14(16)7-5-11-3-2-8-17-11/h4,6,9,11H,2-3,5,7-8H2,1H3. The van der Waals surface area contributed by atoms with Gasteiger partial charge in [0.05, 0.1) is 11.7 Å². The molecule has 2 rings (SSSR count). The highest BCUT2D eigenvalue weighted by Gasteiger charge is 2.18. The van der Waals surface area contributed by atoms with Gasteiger partial charge in [-0.3, -0.25) is 4.79 Å². The zero-order valence-electron chi connectivity index (χ0n) is 10.0. The second kappa shape index (κ2) is 5.41. The van der Waals surface area contributed by atoms with Gasteiger partial charge in [0.2, 0.25) is 0 Å². The fourth-order valence-corrected chi connectivity index (χ4v) is 2.15. The molecule has 3 heteroatoms. The first-order valence-corrected chi connectivity index (χ1v) is 6.08. The number of benzene rings is 1. The lowest BCUT2D eigenvalue weighted by molar-refractivity contribution is 0.0856. The summed E-state index contributed by atoms with van der Waals surface area (Å²) in [7, 11) is 0. The molecule has 1 atom stereocenters. The molecular weight excluding hydrogens is 219 g/mol. The molecule has 0 amide bonds. The quantitative estimate of drug-likeness (QED) is 0.750. The zero-order valence-corrected chi connectivity index (χ0v) is 10.0. The summed E-state index contributed by atoms with van der Waals surface area (Å²) in [5.41, 5.74) is 1.03. The molecule has 0 spiro atoms.